The Kier molecular flexibility index (Phi) is 8.50. The number of nitrogens with zero attached hydrogens (tertiary/aromatic N) is 2. The Balaban J connectivity index is 1.38. The Morgan fingerprint density at radius 1 is 0.846 bits per heavy atom. The first-order chi connectivity index (χ1) is 19.0. The van der Waals surface area contributed by atoms with Crippen LogP contribution in [0.2, 0.25) is 5.02 Å². The Labute approximate surface area is 239 Å². The summed E-state index contributed by atoms with van der Waals surface area (Å²) < 4.78 is 6.15. The van der Waals surface area contributed by atoms with Crippen molar-refractivity contribution in [3.05, 3.63) is 140 Å². The molecule has 0 unspecified atom stereocenters. The van der Waals surface area contributed by atoms with Crippen molar-refractivity contribution in [1.29, 1.82) is 0 Å². The van der Waals surface area contributed by atoms with Gasteiger partial charge in [0.2, 0.25) is 0 Å². The molecule has 0 aromatic heterocycles. The fourth-order valence-corrected chi connectivity index (χ4v) is 5.56. The van der Waals surface area contributed by atoms with Crippen LogP contribution in [-0.4, -0.2) is 16.0 Å². The fourth-order valence-electron chi connectivity index (χ4n) is 4.46. The molecule has 0 N–H and O–H groups in total. The molecule has 0 saturated carbocycles. The zero-order valence-electron chi connectivity index (χ0n) is 21.9. The highest BCUT2D eigenvalue weighted by Crippen LogP contribution is 2.35. The van der Waals surface area contributed by atoms with E-state index in [4.69, 9.17) is 21.3 Å². The second kappa shape index (κ2) is 12.4. The maximum Gasteiger partial charge on any atom is 0.267 e. The van der Waals surface area contributed by atoms with Crippen LogP contribution in [0.5, 0.6) is 5.75 Å². The molecule has 1 saturated heterocycles. The molecule has 4 aromatic carbocycles. The van der Waals surface area contributed by atoms with Gasteiger partial charge in [0, 0.05) is 5.02 Å². The van der Waals surface area contributed by atoms with Gasteiger partial charge in [-0.05, 0) is 89.3 Å². The maximum absolute atomic E-state index is 13.6. The van der Waals surface area contributed by atoms with E-state index in [2.05, 4.69) is 12.1 Å². The summed E-state index contributed by atoms with van der Waals surface area (Å²) in [7, 11) is 0. The number of amidine groups is 1. The van der Waals surface area contributed by atoms with Gasteiger partial charge in [0.25, 0.3) is 5.91 Å². The first-order valence-corrected chi connectivity index (χ1v) is 14.0. The number of hydrogen-bond donors (Lipinski definition) is 0. The summed E-state index contributed by atoms with van der Waals surface area (Å²) in [6, 6.07) is 31.9. The van der Waals surface area contributed by atoms with Crippen LogP contribution in [0, 0.1) is 13.8 Å². The SMILES string of the molecule is Cc1cc(/C=C2\SC(=NCc3ccccc3)N(Cc3ccccc3)C2=O)cc(C)c1OCc1ccc(Cl)cc1. The van der Waals surface area contributed by atoms with E-state index < -0.39 is 0 Å². The van der Waals surface area contributed by atoms with Crippen molar-refractivity contribution in [3.8, 4) is 5.75 Å². The molecule has 196 valence electrons. The number of benzene rings is 4. The lowest BCUT2D eigenvalue weighted by molar-refractivity contribution is -0.122. The number of ether oxygens (including phenoxy) is 1. The van der Waals surface area contributed by atoms with Crippen LogP contribution in [-0.2, 0) is 24.5 Å². The van der Waals surface area contributed by atoms with Crippen LogP contribution in [0.15, 0.2) is 107 Å². The monoisotopic (exact) mass is 552 g/mol. The summed E-state index contributed by atoms with van der Waals surface area (Å²) in [6.07, 6.45) is 1.96. The average Bonchev–Trinajstić information content (AvgIpc) is 3.22. The largest absolute Gasteiger partial charge is 0.488 e. The lowest BCUT2D eigenvalue weighted by Gasteiger charge is -2.16. The van der Waals surface area contributed by atoms with Crippen molar-refractivity contribution in [3.63, 3.8) is 0 Å². The molecule has 0 aliphatic carbocycles. The molecule has 1 amide bonds. The molecular weight excluding hydrogens is 524 g/mol. The van der Waals surface area contributed by atoms with E-state index in [1.807, 2.05) is 105 Å². The number of aryl methyl sites for hydroxylation is 2. The molecule has 4 nitrogen and oxygen atoms in total. The number of rotatable bonds is 8. The number of halogens is 1. The van der Waals surface area contributed by atoms with Crippen molar-refractivity contribution in [2.45, 2.75) is 33.5 Å². The Bertz CT molecular complexity index is 1490. The lowest BCUT2D eigenvalue weighted by atomic mass is 10.0. The van der Waals surface area contributed by atoms with Gasteiger partial charge in [-0.25, -0.2) is 0 Å². The van der Waals surface area contributed by atoms with Crippen LogP contribution in [0.25, 0.3) is 6.08 Å². The molecule has 0 spiro atoms. The van der Waals surface area contributed by atoms with Gasteiger partial charge >= 0.3 is 0 Å². The van der Waals surface area contributed by atoms with Crippen LogP contribution >= 0.6 is 23.4 Å². The normalized spacial score (nSPS) is 15.4. The number of carbonyl (C=O) groups excluding carboxylic acids is 1. The minimum absolute atomic E-state index is 0.0333. The van der Waals surface area contributed by atoms with E-state index in [0.717, 1.165) is 44.3 Å². The van der Waals surface area contributed by atoms with Gasteiger partial charge in [-0.3, -0.25) is 14.7 Å². The molecule has 6 heteroatoms. The van der Waals surface area contributed by atoms with Crippen LogP contribution < -0.4 is 4.74 Å². The Morgan fingerprint density at radius 3 is 2.10 bits per heavy atom. The molecule has 0 bridgehead atoms. The zero-order valence-corrected chi connectivity index (χ0v) is 23.5. The summed E-state index contributed by atoms with van der Waals surface area (Å²) in [5.41, 5.74) is 6.22. The van der Waals surface area contributed by atoms with Crippen LogP contribution in [0.1, 0.15) is 33.4 Å². The first-order valence-electron chi connectivity index (χ1n) is 12.8. The molecule has 0 radical (unpaired) electrons. The van der Waals surface area contributed by atoms with Crippen molar-refractivity contribution in [2.75, 3.05) is 0 Å². The van der Waals surface area contributed by atoms with E-state index in [9.17, 15) is 4.79 Å². The number of thioether (sulfide) groups is 1. The van der Waals surface area contributed by atoms with Crippen molar-refractivity contribution < 1.29 is 9.53 Å². The average molecular weight is 553 g/mol. The highest BCUT2D eigenvalue weighted by Gasteiger charge is 2.33. The number of aliphatic imine (C=N–C) groups is 1. The highest BCUT2D eigenvalue weighted by atomic mass is 35.5. The number of carbonyl (C=O) groups is 1. The first kappa shape index (κ1) is 26.8. The number of hydrogen-bond acceptors (Lipinski definition) is 4. The predicted octanol–water partition coefficient (Wildman–Crippen LogP) is 8.21. The van der Waals surface area contributed by atoms with Gasteiger partial charge in [-0.1, -0.05) is 84.4 Å². The Hall–Kier alpha value is -3.80. The molecule has 39 heavy (non-hydrogen) atoms. The van der Waals surface area contributed by atoms with Crippen LogP contribution in [0.4, 0.5) is 0 Å². The smallest absolute Gasteiger partial charge is 0.267 e. The quantitative estimate of drug-likeness (QED) is 0.207. The van der Waals surface area contributed by atoms with E-state index in [1.165, 1.54) is 11.8 Å². The molecular formula is C33H29ClN2O2S. The third kappa shape index (κ3) is 6.80. The van der Waals surface area contributed by atoms with E-state index in [-0.39, 0.29) is 5.91 Å². The molecule has 4 aromatic rings. The third-order valence-corrected chi connectivity index (χ3v) is 7.68. The molecule has 1 heterocycles. The second-order valence-electron chi connectivity index (χ2n) is 9.47. The maximum atomic E-state index is 13.6. The summed E-state index contributed by atoms with van der Waals surface area (Å²) in [4.78, 5) is 20.8. The highest BCUT2D eigenvalue weighted by molar-refractivity contribution is 8.18. The summed E-state index contributed by atoms with van der Waals surface area (Å²) in [5, 5.41) is 1.42. The van der Waals surface area contributed by atoms with Crippen molar-refractivity contribution in [2.24, 2.45) is 4.99 Å². The predicted molar refractivity (Wildman–Crippen MR) is 162 cm³/mol. The minimum Gasteiger partial charge on any atom is -0.488 e. The van der Waals surface area contributed by atoms with Gasteiger partial charge in [0.05, 0.1) is 18.0 Å². The van der Waals surface area contributed by atoms with Crippen molar-refractivity contribution in [1.82, 2.24) is 4.90 Å². The van der Waals surface area contributed by atoms with Crippen molar-refractivity contribution >= 4 is 40.5 Å². The second-order valence-corrected chi connectivity index (χ2v) is 10.9. The summed E-state index contributed by atoms with van der Waals surface area (Å²) in [6.45, 7) is 5.53. The molecule has 5 rings (SSSR count). The minimum atomic E-state index is -0.0333. The topological polar surface area (TPSA) is 41.9 Å². The number of amides is 1. The Morgan fingerprint density at radius 2 is 1.46 bits per heavy atom. The van der Waals surface area contributed by atoms with E-state index >= 15 is 0 Å². The molecule has 1 aliphatic heterocycles. The molecule has 1 fully saturated rings. The van der Waals surface area contributed by atoms with E-state index in [1.54, 1.807) is 4.90 Å². The summed E-state index contributed by atoms with van der Waals surface area (Å²) in [5.74, 6) is 0.822. The van der Waals surface area contributed by atoms with Gasteiger partial charge in [-0.15, -0.1) is 0 Å². The van der Waals surface area contributed by atoms with Crippen LogP contribution in [0.3, 0.4) is 0 Å². The molecule has 0 atom stereocenters. The fraction of sp³-hybridized carbons (Fsp3) is 0.152. The van der Waals surface area contributed by atoms with Gasteiger partial charge in [0.15, 0.2) is 5.17 Å². The van der Waals surface area contributed by atoms with Gasteiger partial charge in [-0.2, -0.15) is 0 Å². The zero-order chi connectivity index (χ0) is 27.2. The standard InChI is InChI=1S/C33H29ClN2O2S/c1-23-17-28(18-24(2)31(23)38-22-27-13-15-29(34)16-14-27)19-30-32(37)36(21-26-11-7-4-8-12-26)33(39-30)35-20-25-9-5-3-6-10-25/h3-19H,20-22H2,1-2H3/b30-19-,35-33?. The lowest BCUT2D eigenvalue weighted by Crippen LogP contribution is -2.28. The summed E-state index contributed by atoms with van der Waals surface area (Å²) >= 11 is 7.43. The third-order valence-electron chi connectivity index (χ3n) is 6.39. The van der Waals surface area contributed by atoms with E-state index in [0.29, 0.717) is 29.6 Å². The molecule has 1 aliphatic rings. The van der Waals surface area contributed by atoms with Gasteiger partial charge in [0.1, 0.15) is 12.4 Å². The van der Waals surface area contributed by atoms with Gasteiger partial charge < -0.3 is 4.74 Å².